The molecule has 2 amide bonds. The number of carbonyl (C=O) groups excluding carboxylic acids is 2. The molecule has 1 aliphatic rings. The summed E-state index contributed by atoms with van der Waals surface area (Å²) >= 11 is 0. The van der Waals surface area contributed by atoms with Crippen LogP contribution in [0.1, 0.15) is 17.0 Å². The number of aliphatic hydroxyl groups excluding tert-OH is 2. The smallest absolute Gasteiger partial charge is 0.407 e. The molecule has 2 aromatic carbocycles. The number of amides is 2. The van der Waals surface area contributed by atoms with Gasteiger partial charge in [0.05, 0.1) is 0 Å². The predicted octanol–water partition coefficient (Wildman–Crippen LogP) is 0.448. The molecule has 2 aromatic rings. The number of carboxylic acid groups (broad SMARTS) is 1. The average Bonchev–Trinajstić information content (AvgIpc) is 3.07. The van der Waals surface area contributed by atoms with Crippen molar-refractivity contribution in [1.82, 2.24) is 10.6 Å². The highest BCUT2D eigenvalue weighted by Gasteiger charge is 2.30. The highest BCUT2D eigenvalue weighted by molar-refractivity contribution is 5.87. The fourth-order valence-corrected chi connectivity index (χ4v) is 3.38. The van der Waals surface area contributed by atoms with Gasteiger partial charge in [0.25, 0.3) is 5.91 Å². The molecule has 0 heterocycles. The van der Waals surface area contributed by atoms with Crippen molar-refractivity contribution < 1.29 is 34.4 Å². The van der Waals surface area contributed by atoms with Crippen molar-refractivity contribution in [3.05, 3.63) is 59.7 Å². The predicted molar refractivity (Wildman–Crippen MR) is 106 cm³/mol. The van der Waals surface area contributed by atoms with Gasteiger partial charge in [-0.25, -0.2) is 9.59 Å². The van der Waals surface area contributed by atoms with E-state index in [1.54, 1.807) is 0 Å². The van der Waals surface area contributed by atoms with Crippen molar-refractivity contribution in [3.63, 3.8) is 0 Å². The van der Waals surface area contributed by atoms with Crippen molar-refractivity contribution in [1.29, 1.82) is 0 Å². The van der Waals surface area contributed by atoms with Crippen LogP contribution in [0.4, 0.5) is 4.79 Å². The number of aliphatic hydroxyl groups is 2. The monoisotopic (exact) mass is 414 g/mol. The third kappa shape index (κ3) is 4.58. The number of benzene rings is 2. The number of fused-ring (bicyclic) bond motifs is 3. The molecule has 0 unspecified atom stereocenters. The zero-order valence-corrected chi connectivity index (χ0v) is 15.9. The number of hydrogen-bond donors (Lipinski definition) is 5. The van der Waals surface area contributed by atoms with Gasteiger partial charge in [-0.2, -0.15) is 0 Å². The summed E-state index contributed by atoms with van der Waals surface area (Å²) in [6, 6.07) is 15.9. The van der Waals surface area contributed by atoms with E-state index in [2.05, 4.69) is 10.6 Å². The largest absolute Gasteiger partial charge is 0.479 e. The van der Waals surface area contributed by atoms with E-state index in [1.165, 1.54) is 0 Å². The molecule has 2 atom stereocenters. The molecule has 1 aliphatic carbocycles. The summed E-state index contributed by atoms with van der Waals surface area (Å²) in [6.07, 6.45) is -4.99. The summed E-state index contributed by atoms with van der Waals surface area (Å²) in [6.45, 7) is 0.0699. The minimum Gasteiger partial charge on any atom is -0.479 e. The summed E-state index contributed by atoms with van der Waals surface area (Å²) in [4.78, 5) is 34.1. The molecule has 30 heavy (non-hydrogen) atoms. The number of nitrogens with one attached hydrogen (secondary N) is 2. The third-order valence-electron chi connectivity index (χ3n) is 4.86. The van der Waals surface area contributed by atoms with Crippen LogP contribution in [0.25, 0.3) is 11.1 Å². The van der Waals surface area contributed by atoms with E-state index < -0.39 is 30.2 Å². The first-order valence-electron chi connectivity index (χ1n) is 9.35. The van der Waals surface area contributed by atoms with E-state index in [-0.39, 0.29) is 25.6 Å². The number of carboxylic acids is 1. The number of rotatable bonds is 8. The number of hydrogen-bond acceptors (Lipinski definition) is 6. The van der Waals surface area contributed by atoms with Gasteiger partial charge in [0.1, 0.15) is 6.61 Å². The van der Waals surface area contributed by atoms with Crippen LogP contribution in [0.2, 0.25) is 0 Å². The van der Waals surface area contributed by atoms with E-state index in [4.69, 9.17) is 14.9 Å². The van der Waals surface area contributed by atoms with Gasteiger partial charge in [0.2, 0.25) is 0 Å². The van der Waals surface area contributed by atoms with Gasteiger partial charge in [-0.05, 0) is 22.3 Å². The SMILES string of the molecule is O=C(NCCNC(=O)[C@H](O)[C@@H](O)C(=O)O)OCC1c2ccccc2-c2ccccc21. The molecule has 0 saturated carbocycles. The number of aliphatic carboxylic acids is 1. The zero-order valence-electron chi connectivity index (χ0n) is 15.9. The summed E-state index contributed by atoms with van der Waals surface area (Å²) in [5, 5.41) is 31.7. The van der Waals surface area contributed by atoms with E-state index in [1.807, 2.05) is 48.5 Å². The Balaban J connectivity index is 1.46. The maximum Gasteiger partial charge on any atom is 0.407 e. The van der Waals surface area contributed by atoms with Crippen molar-refractivity contribution in [2.45, 2.75) is 18.1 Å². The Kier molecular flexibility index (Phi) is 6.65. The lowest BCUT2D eigenvalue weighted by molar-refractivity contribution is -0.158. The zero-order chi connectivity index (χ0) is 21.7. The lowest BCUT2D eigenvalue weighted by Crippen LogP contribution is -2.47. The summed E-state index contributed by atoms with van der Waals surface area (Å²) < 4.78 is 5.33. The van der Waals surface area contributed by atoms with Crippen molar-refractivity contribution in [3.8, 4) is 11.1 Å². The van der Waals surface area contributed by atoms with Gasteiger partial charge < -0.3 is 30.7 Å². The molecule has 9 nitrogen and oxygen atoms in total. The number of carbonyl (C=O) groups is 3. The Hall–Kier alpha value is -3.43. The van der Waals surface area contributed by atoms with Gasteiger partial charge in [-0.15, -0.1) is 0 Å². The summed E-state index contributed by atoms with van der Waals surface area (Å²) in [7, 11) is 0. The molecular weight excluding hydrogens is 392 g/mol. The van der Waals surface area contributed by atoms with Crippen LogP contribution >= 0.6 is 0 Å². The van der Waals surface area contributed by atoms with Crippen LogP contribution in [-0.4, -0.2) is 65.2 Å². The molecule has 0 radical (unpaired) electrons. The molecule has 5 N–H and O–H groups in total. The minimum absolute atomic E-state index is 0.00169. The van der Waals surface area contributed by atoms with Crippen LogP contribution in [0, 0.1) is 0 Å². The first-order valence-corrected chi connectivity index (χ1v) is 9.35. The second kappa shape index (κ2) is 9.38. The molecule has 0 saturated heterocycles. The quantitative estimate of drug-likeness (QED) is 0.394. The van der Waals surface area contributed by atoms with E-state index in [0.717, 1.165) is 22.3 Å². The maximum atomic E-state index is 12.0. The Bertz CT molecular complexity index is 901. The minimum atomic E-state index is -2.22. The molecule has 0 spiro atoms. The Morgan fingerprint density at radius 2 is 1.40 bits per heavy atom. The lowest BCUT2D eigenvalue weighted by atomic mass is 9.98. The fraction of sp³-hybridized carbons (Fsp3) is 0.286. The number of alkyl carbamates (subject to hydrolysis) is 1. The second-order valence-corrected chi connectivity index (χ2v) is 6.77. The first kappa shape index (κ1) is 21.3. The van der Waals surface area contributed by atoms with Crippen LogP contribution in [0.3, 0.4) is 0 Å². The molecule has 0 aliphatic heterocycles. The van der Waals surface area contributed by atoms with Crippen LogP contribution < -0.4 is 10.6 Å². The standard InChI is InChI=1S/C21H22N2O7/c24-17(18(25)20(27)28)19(26)22-9-10-23-21(29)30-11-16-14-7-3-1-5-12(14)13-6-2-4-8-15(13)16/h1-8,16-18,24-25H,9-11H2,(H,22,26)(H,23,29)(H,27,28)/t17-,18-/m1/s1. The van der Waals surface area contributed by atoms with Crippen LogP contribution in [0.15, 0.2) is 48.5 Å². The Morgan fingerprint density at radius 1 is 0.867 bits per heavy atom. The van der Waals surface area contributed by atoms with E-state index in [0.29, 0.717) is 0 Å². The van der Waals surface area contributed by atoms with Crippen molar-refractivity contribution in [2.24, 2.45) is 0 Å². The van der Waals surface area contributed by atoms with Crippen LogP contribution in [0.5, 0.6) is 0 Å². The number of ether oxygens (including phenoxy) is 1. The molecule has 0 bridgehead atoms. The van der Waals surface area contributed by atoms with Crippen molar-refractivity contribution in [2.75, 3.05) is 19.7 Å². The molecular formula is C21H22N2O7. The van der Waals surface area contributed by atoms with Gasteiger partial charge >= 0.3 is 12.1 Å². The van der Waals surface area contributed by atoms with Crippen LogP contribution in [-0.2, 0) is 14.3 Å². The van der Waals surface area contributed by atoms with Crippen molar-refractivity contribution >= 4 is 18.0 Å². The molecule has 3 rings (SSSR count). The normalized spacial score (nSPS) is 14.2. The average molecular weight is 414 g/mol. The van der Waals surface area contributed by atoms with Gasteiger partial charge in [-0.1, -0.05) is 48.5 Å². The van der Waals surface area contributed by atoms with E-state index >= 15 is 0 Å². The maximum absolute atomic E-state index is 12.0. The Labute approximate surface area is 172 Å². The summed E-state index contributed by atoms with van der Waals surface area (Å²) in [5.74, 6) is -2.84. The molecule has 0 aromatic heterocycles. The molecule has 158 valence electrons. The molecule has 9 heteroatoms. The second-order valence-electron chi connectivity index (χ2n) is 6.77. The van der Waals surface area contributed by atoms with E-state index in [9.17, 15) is 19.5 Å². The van der Waals surface area contributed by atoms with Gasteiger partial charge in [-0.3, -0.25) is 4.79 Å². The Morgan fingerprint density at radius 3 is 1.97 bits per heavy atom. The third-order valence-corrected chi connectivity index (χ3v) is 4.86. The first-order chi connectivity index (χ1) is 14.4. The fourth-order valence-electron chi connectivity index (χ4n) is 3.38. The van der Waals surface area contributed by atoms with Gasteiger partial charge in [0, 0.05) is 19.0 Å². The lowest BCUT2D eigenvalue weighted by Gasteiger charge is -2.15. The topological polar surface area (TPSA) is 145 Å². The summed E-state index contributed by atoms with van der Waals surface area (Å²) in [5.41, 5.74) is 4.41. The highest BCUT2D eigenvalue weighted by atomic mass is 16.5. The highest BCUT2D eigenvalue weighted by Crippen LogP contribution is 2.44. The molecule has 0 fully saturated rings. The van der Waals surface area contributed by atoms with Gasteiger partial charge in [0.15, 0.2) is 12.2 Å².